The second kappa shape index (κ2) is 9.52. The van der Waals surface area contributed by atoms with Crippen LogP contribution in [0.25, 0.3) is 0 Å². The number of sulfone groups is 1. The molecule has 1 unspecified atom stereocenters. The van der Waals surface area contributed by atoms with E-state index in [-0.39, 0.29) is 16.3 Å². The van der Waals surface area contributed by atoms with Gasteiger partial charge in [0.05, 0.1) is 17.5 Å². The zero-order valence-electron chi connectivity index (χ0n) is 18.7. The van der Waals surface area contributed by atoms with Crippen molar-refractivity contribution in [1.29, 1.82) is 0 Å². The number of aliphatic hydroxyl groups is 1. The standard InChI is InChI=1S/C26H24ClNO5S/c1-3-33-20-12-10-18(11-13-20)23-25(34(31,32)21-14-8-17(2)9-15-21)24(29)26(30)28(23)16-19-6-4-5-7-22(19)27/h4-15,23,29H,3,16H2,1-2H3. The van der Waals surface area contributed by atoms with E-state index in [1.165, 1.54) is 17.0 Å². The molecule has 0 bridgehead atoms. The van der Waals surface area contributed by atoms with Crippen LogP contribution in [-0.4, -0.2) is 30.9 Å². The lowest BCUT2D eigenvalue weighted by Crippen LogP contribution is -2.30. The number of nitrogens with zero attached hydrogens (tertiary/aromatic N) is 1. The van der Waals surface area contributed by atoms with Crippen molar-refractivity contribution < 1.29 is 23.1 Å². The molecule has 1 N–H and O–H groups in total. The molecular formula is C26H24ClNO5S. The molecule has 8 heteroatoms. The van der Waals surface area contributed by atoms with Crippen LogP contribution >= 0.6 is 11.6 Å². The summed E-state index contributed by atoms with van der Waals surface area (Å²) in [5.74, 6) is -0.944. The number of hydrogen-bond acceptors (Lipinski definition) is 5. The normalized spacial score (nSPS) is 16.3. The zero-order valence-corrected chi connectivity index (χ0v) is 20.3. The van der Waals surface area contributed by atoms with E-state index in [1.807, 2.05) is 13.8 Å². The number of halogens is 1. The molecule has 0 saturated carbocycles. The first-order chi connectivity index (χ1) is 16.2. The first-order valence-corrected chi connectivity index (χ1v) is 12.6. The van der Waals surface area contributed by atoms with E-state index in [4.69, 9.17) is 16.3 Å². The van der Waals surface area contributed by atoms with Crippen molar-refractivity contribution in [3.05, 3.63) is 105 Å². The van der Waals surface area contributed by atoms with Crippen molar-refractivity contribution in [2.45, 2.75) is 31.3 Å². The van der Waals surface area contributed by atoms with E-state index in [2.05, 4.69) is 0 Å². The average molecular weight is 498 g/mol. The maximum Gasteiger partial charge on any atom is 0.290 e. The molecule has 0 radical (unpaired) electrons. The fourth-order valence-corrected chi connectivity index (χ4v) is 5.81. The summed E-state index contributed by atoms with van der Waals surface area (Å²) in [5, 5.41) is 11.3. The second-order valence-corrected chi connectivity index (χ2v) is 10.3. The van der Waals surface area contributed by atoms with Gasteiger partial charge in [0, 0.05) is 11.6 Å². The van der Waals surface area contributed by atoms with Gasteiger partial charge in [-0.3, -0.25) is 4.79 Å². The van der Waals surface area contributed by atoms with E-state index in [0.29, 0.717) is 28.5 Å². The van der Waals surface area contributed by atoms with Crippen LogP contribution in [0.1, 0.15) is 29.7 Å². The van der Waals surface area contributed by atoms with Gasteiger partial charge < -0.3 is 14.7 Å². The summed E-state index contributed by atoms with van der Waals surface area (Å²) in [7, 11) is -4.19. The summed E-state index contributed by atoms with van der Waals surface area (Å²) in [4.78, 5) is 14.2. The molecule has 176 valence electrons. The van der Waals surface area contributed by atoms with E-state index in [9.17, 15) is 18.3 Å². The van der Waals surface area contributed by atoms with E-state index in [1.54, 1.807) is 60.7 Å². The molecule has 1 amide bonds. The molecule has 1 aliphatic rings. The van der Waals surface area contributed by atoms with Crippen molar-refractivity contribution in [3.8, 4) is 5.75 Å². The molecule has 1 aliphatic heterocycles. The van der Waals surface area contributed by atoms with Gasteiger partial charge in [-0.25, -0.2) is 8.42 Å². The molecule has 4 rings (SSSR count). The monoisotopic (exact) mass is 497 g/mol. The molecule has 0 fully saturated rings. The van der Waals surface area contributed by atoms with Crippen LogP contribution in [0.15, 0.2) is 88.4 Å². The third-order valence-electron chi connectivity index (χ3n) is 5.68. The molecule has 3 aromatic carbocycles. The lowest BCUT2D eigenvalue weighted by molar-refractivity contribution is -0.130. The van der Waals surface area contributed by atoms with E-state index in [0.717, 1.165) is 5.56 Å². The second-order valence-electron chi connectivity index (χ2n) is 7.96. The molecule has 1 heterocycles. The largest absolute Gasteiger partial charge is 0.502 e. The van der Waals surface area contributed by atoms with Crippen LogP contribution in [0, 0.1) is 6.92 Å². The van der Waals surface area contributed by atoms with Crippen molar-refractivity contribution in [1.82, 2.24) is 4.90 Å². The Balaban J connectivity index is 1.85. The maximum atomic E-state index is 13.7. The Kier molecular flexibility index (Phi) is 6.68. The SMILES string of the molecule is CCOc1ccc(C2C(S(=O)(=O)c3ccc(C)cc3)=C(O)C(=O)N2Cc2ccccc2Cl)cc1. The smallest absolute Gasteiger partial charge is 0.290 e. The molecule has 0 spiro atoms. The first-order valence-electron chi connectivity index (χ1n) is 10.8. The molecule has 0 saturated heterocycles. The highest BCUT2D eigenvalue weighted by atomic mass is 35.5. The molecule has 3 aromatic rings. The van der Waals surface area contributed by atoms with Crippen LogP contribution in [-0.2, 0) is 21.2 Å². The third kappa shape index (κ3) is 4.41. The van der Waals surface area contributed by atoms with Crippen LogP contribution < -0.4 is 4.74 Å². The summed E-state index contributed by atoms with van der Waals surface area (Å²) in [6, 6.07) is 19.1. The average Bonchev–Trinajstić information content (AvgIpc) is 3.07. The van der Waals surface area contributed by atoms with Gasteiger partial charge >= 0.3 is 0 Å². The number of ether oxygens (including phenoxy) is 1. The number of hydrogen-bond donors (Lipinski definition) is 1. The van der Waals surface area contributed by atoms with Gasteiger partial charge in [-0.2, -0.15) is 0 Å². The predicted molar refractivity (Wildman–Crippen MR) is 130 cm³/mol. The van der Waals surface area contributed by atoms with Crippen LogP contribution in [0.5, 0.6) is 5.75 Å². The van der Waals surface area contributed by atoms with Crippen molar-refractivity contribution in [3.63, 3.8) is 0 Å². The fraction of sp³-hybridized carbons (Fsp3) is 0.192. The van der Waals surface area contributed by atoms with Crippen molar-refractivity contribution in [2.75, 3.05) is 6.61 Å². The van der Waals surface area contributed by atoms with Crippen LogP contribution in [0.2, 0.25) is 5.02 Å². The topological polar surface area (TPSA) is 83.9 Å². The summed E-state index contributed by atoms with van der Waals surface area (Å²) in [6.45, 7) is 4.21. The predicted octanol–water partition coefficient (Wildman–Crippen LogP) is 5.37. The number of carbonyl (C=O) groups is 1. The summed E-state index contributed by atoms with van der Waals surface area (Å²) < 4.78 is 32.8. The van der Waals surface area contributed by atoms with Gasteiger partial charge in [0.2, 0.25) is 9.84 Å². The van der Waals surface area contributed by atoms with Crippen molar-refractivity contribution in [2.24, 2.45) is 0 Å². The van der Waals surface area contributed by atoms with Gasteiger partial charge in [0.25, 0.3) is 5.91 Å². The van der Waals surface area contributed by atoms with Gasteiger partial charge in [0.1, 0.15) is 10.7 Å². The maximum absolute atomic E-state index is 13.7. The van der Waals surface area contributed by atoms with E-state index >= 15 is 0 Å². The molecular weight excluding hydrogens is 474 g/mol. The fourth-order valence-electron chi connectivity index (χ4n) is 3.97. The molecule has 0 aliphatic carbocycles. The quantitative estimate of drug-likeness (QED) is 0.474. The Morgan fingerprint density at radius 1 is 1.00 bits per heavy atom. The number of aliphatic hydroxyl groups excluding tert-OH is 1. The number of aryl methyl sites for hydroxylation is 1. The van der Waals surface area contributed by atoms with Gasteiger partial charge in [-0.1, -0.05) is 59.6 Å². The number of benzene rings is 3. The molecule has 34 heavy (non-hydrogen) atoms. The lowest BCUT2D eigenvalue weighted by atomic mass is 10.1. The van der Waals surface area contributed by atoms with Crippen molar-refractivity contribution >= 4 is 27.3 Å². The van der Waals surface area contributed by atoms with Crippen LogP contribution in [0.4, 0.5) is 0 Å². The highest BCUT2D eigenvalue weighted by Crippen LogP contribution is 2.44. The highest BCUT2D eigenvalue weighted by Gasteiger charge is 2.47. The first kappa shape index (κ1) is 23.9. The van der Waals surface area contributed by atoms with Gasteiger partial charge in [0.15, 0.2) is 5.76 Å². The van der Waals surface area contributed by atoms with E-state index < -0.39 is 27.5 Å². The number of amides is 1. The Morgan fingerprint density at radius 2 is 1.65 bits per heavy atom. The molecule has 1 atom stereocenters. The number of carbonyl (C=O) groups excluding carboxylic acids is 1. The Hall–Kier alpha value is -3.29. The molecule has 0 aromatic heterocycles. The minimum Gasteiger partial charge on any atom is -0.502 e. The zero-order chi connectivity index (χ0) is 24.5. The summed E-state index contributed by atoms with van der Waals surface area (Å²) >= 11 is 6.32. The van der Waals surface area contributed by atoms with Crippen LogP contribution in [0.3, 0.4) is 0 Å². The Labute approximate surface area is 204 Å². The van der Waals surface area contributed by atoms with Gasteiger partial charge in [-0.05, 0) is 55.3 Å². The third-order valence-corrected chi connectivity index (χ3v) is 7.94. The Bertz CT molecular complexity index is 1350. The highest BCUT2D eigenvalue weighted by molar-refractivity contribution is 7.95. The molecule has 6 nitrogen and oxygen atoms in total. The minimum atomic E-state index is -4.19. The summed E-state index contributed by atoms with van der Waals surface area (Å²) in [6.07, 6.45) is 0. The summed E-state index contributed by atoms with van der Waals surface area (Å²) in [5.41, 5.74) is 2.05. The van der Waals surface area contributed by atoms with Gasteiger partial charge in [-0.15, -0.1) is 0 Å². The Morgan fingerprint density at radius 3 is 2.26 bits per heavy atom. The minimum absolute atomic E-state index is 0.00276. The lowest BCUT2D eigenvalue weighted by Gasteiger charge is -2.27. The number of rotatable bonds is 7.